The molecular weight excluding hydrogens is 900 g/mol. The lowest BCUT2D eigenvalue weighted by Crippen LogP contribution is -2.63. The third-order valence-corrected chi connectivity index (χ3v) is 15.3. The van der Waals surface area contributed by atoms with Crippen LogP contribution in [-0.2, 0) is 10.8 Å². The normalized spacial score (nSPS) is 13.3. The summed E-state index contributed by atoms with van der Waals surface area (Å²) in [6.45, 7) is 16.1. The lowest BCUT2D eigenvalue weighted by atomic mass is 9.32. The molecule has 0 atom stereocenters. The first-order valence-corrected chi connectivity index (χ1v) is 25.8. The van der Waals surface area contributed by atoms with E-state index in [4.69, 9.17) is 27.8 Å². The second kappa shape index (κ2) is 17.5. The smallest absolute Gasteiger partial charge is 0.284 e. The van der Waals surface area contributed by atoms with Crippen molar-refractivity contribution in [2.45, 2.75) is 65.2 Å². The van der Waals surface area contributed by atoms with Gasteiger partial charge in [-0.05, 0) is 137 Å². The third-order valence-electron chi connectivity index (χ3n) is 15.3. The van der Waals surface area contributed by atoms with E-state index in [9.17, 15) is 0 Å². The van der Waals surface area contributed by atoms with E-state index in [0.717, 1.165) is 35.5 Å². The number of furan rings is 2. The minimum Gasteiger partial charge on any atom is -0.493 e. The van der Waals surface area contributed by atoms with Crippen molar-refractivity contribution in [3.05, 3.63) is 175 Å². The van der Waals surface area contributed by atoms with Gasteiger partial charge >= 0.3 is 0 Å². The van der Waals surface area contributed by atoms with Gasteiger partial charge in [-0.1, -0.05) is 143 Å². The SMILES string of the molecule is CC(C)(C)c1ccc2c(c1)-c1cccc3c1B2c1cc(-c2ccc(OCCCOc4ccco4)cc2)cc2c1N3c1ccc(-c3ccc(OCCCOc4ccco4)cc3)c3c1B2c1ccc(C(C)(C)C)cc1-3. The molecular formula is C64H57B2NO6. The standard InChI is InChI=1S/C64H57B2NO6/c1-63(2,3)43-20-27-51-49(38-43)48-12-7-13-55-60(48)65(51)53-36-42(40-16-22-45(23-17-40)68-32-10-34-72-57-14-8-30-70-57)37-54-62(53)67(55)56-29-26-47(59-50-39-44(64(4,5)6)21-28-52(50)66(54)61(56)59)41-18-24-46(25-19-41)69-33-11-35-73-58-15-9-31-71-58/h7-9,12-31,36-39H,10-11,32-35H2,1-6H3. The van der Waals surface area contributed by atoms with Crippen LogP contribution in [0.5, 0.6) is 23.4 Å². The van der Waals surface area contributed by atoms with Gasteiger partial charge in [0.25, 0.3) is 11.9 Å². The summed E-state index contributed by atoms with van der Waals surface area (Å²) >= 11 is 0. The Bertz CT molecular complexity index is 3550. The Morgan fingerprint density at radius 3 is 1.53 bits per heavy atom. The second-order valence-electron chi connectivity index (χ2n) is 22.0. The summed E-state index contributed by atoms with van der Waals surface area (Å²) < 4.78 is 34.5. The predicted octanol–water partition coefficient (Wildman–Crippen LogP) is 11.6. The number of nitrogens with zero attached hydrogens (tertiary/aromatic N) is 1. The summed E-state index contributed by atoms with van der Waals surface area (Å²) in [6, 6.07) is 56.0. The van der Waals surface area contributed by atoms with Gasteiger partial charge in [-0.2, -0.15) is 0 Å². The van der Waals surface area contributed by atoms with E-state index in [2.05, 4.69) is 174 Å². The van der Waals surface area contributed by atoms with Gasteiger partial charge in [-0.25, -0.2) is 0 Å². The molecule has 7 aromatic carbocycles. The average Bonchev–Trinajstić information content (AvgIpc) is 4.25. The molecule has 0 bridgehead atoms. The number of hydrogen-bond acceptors (Lipinski definition) is 7. The third kappa shape index (κ3) is 7.74. The van der Waals surface area contributed by atoms with Crippen LogP contribution in [0, 0.1) is 0 Å². The predicted molar refractivity (Wildman–Crippen MR) is 298 cm³/mol. The van der Waals surface area contributed by atoms with Gasteiger partial charge in [0.05, 0.1) is 39.0 Å². The first kappa shape index (κ1) is 45.1. The topological polar surface area (TPSA) is 66.4 Å². The Labute approximate surface area is 428 Å². The van der Waals surface area contributed by atoms with Crippen LogP contribution >= 0.6 is 0 Å². The Balaban J connectivity index is 0.938. The van der Waals surface area contributed by atoms with Crippen molar-refractivity contribution in [1.29, 1.82) is 0 Å². The highest BCUT2D eigenvalue weighted by Gasteiger charge is 2.50. The van der Waals surface area contributed by atoms with Crippen LogP contribution in [0.3, 0.4) is 0 Å². The highest BCUT2D eigenvalue weighted by atomic mass is 16.6. The molecule has 0 N–H and O–H groups in total. The Morgan fingerprint density at radius 1 is 0.425 bits per heavy atom. The molecule has 0 saturated heterocycles. The zero-order valence-corrected chi connectivity index (χ0v) is 42.4. The van der Waals surface area contributed by atoms with Crippen LogP contribution < -0.4 is 56.6 Å². The summed E-state index contributed by atoms with van der Waals surface area (Å²) in [4.78, 5) is 2.63. The number of anilines is 3. The summed E-state index contributed by atoms with van der Waals surface area (Å²) in [6.07, 6.45) is 4.73. The van der Waals surface area contributed by atoms with Gasteiger partial charge < -0.3 is 32.7 Å². The molecule has 4 aliphatic rings. The highest BCUT2D eigenvalue weighted by molar-refractivity contribution is 7.05. The maximum atomic E-state index is 6.24. The average molecular weight is 958 g/mol. The van der Waals surface area contributed by atoms with E-state index in [-0.39, 0.29) is 24.3 Å². The van der Waals surface area contributed by atoms with Crippen molar-refractivity contribution in [1.82, 2.24) is 0 Å². The molecule has 360 valence electrons. The van der Waals surface area contributed by atoms with Crippen molar-refractivity contribution in [2.24, 2.45) is 0 Å². The van der Waals surface area contributed by atoms with Gasteiger partial charge in [0.1, 0.15) is 11.5 Å². The fourth-order valence-corrected chi connectivity index (χ4v) is 11.8. The van der Waals surface area contributed by atoms with Crippen LogP contribution in [-0.4, -0.2) is 39.9 Å². The molecule has 0 fully saturated rings. The summed E-state index contributed by atoms with van der Waals surface area (Å²) in [5.41, 5.74) is 24.7. The maximum Gasteiger partial charge on any atom is 0.284 e. The molecule has 73 heavy (non-hydrogen) atoms. The molecule has 9 aromatic rings. The quantitative estimate of drug-likeness (QED) is 0.0794. The molecule has 0 saturated carbocycles. The molecule has 2 aromatic heterocycles. The van der Waals surface area contributed by atoms with Gasteiger partial charge in [0.2, 0.25) is 13.4 Å². The largest absolute Gasteiger partial charge is 0.493 e. The van der Waals surface area contributed by atoms with Gasteiger partial charge in [0.15, 0.2) is 0 Å². The Hall–Kier alpha value is -7.77. The Morgan fingerprint density at radius 2 is 0.959 bits per heavy atom. The number of rotatable bonds is 14. The van der Waals surface area contributed by atoms with E-state index in [1.54, 1.807) is 12.5 Å². The fourth-order valence-electron chi connectivity index (χ4n) is 11.8. The minimum atomic E-state index is -0.0379. The van der Waals surface area contributed by atoms with Crippen LogP contribution in [0.25, 0.3) is 44.5 Å². The van der Waals surface area contributed by atoms with Crippen LogP contribution in [0.4, 0.5) is 17.1 Å². The van der Waals surface area contributed by atoms with Crippen molar-refractivity contribution in [3.63, 3.8) is 0 Å². The number of hydrogen-bond donors (Lipinski definition) is 0. The molecule has 0 radical (unpaired) electrons. The lowest BCUT2D eigenvalue weighted by Gasteiger charge is -2.43. The molecule has 0 unspecified atom stereocenters. The second-order valence-corrected chi connectivity index (χ2v) is 22.0. The molecule has 0 spiro atoms. The molecule has 13 rings (SSSR count). The molecule has 4 aliphatic heterocycles. The zero-order valence-electron chi connectivity index (χ0n) is 42.4. The van der Waals surface area contributed by atoms with E-state index in [0.29, 0.717) is 38.3 Å². The van der Waals surface area contributed by atoms with Crippen molar-refractivity contribution in [2.75, 3.05) is 31.3 Å². The van der Waals surface area contributed by atoms with Crippen LogP contribution in [0.15, 0.2) is 173 Å². The van der Waals surface area contributed by atoms with E-state index < -0.39 is 0 Å². The number of benzene rings is 7. The highest BCUT2D eigenvalue weighted by Crippen LogP contribution is 2.48. The van der Waals surface area contributed by atoms with Crippen molar-refractivity contribution in [3.8, 4) is 67.9 Å². The zero-order chi connectivity index (χ0) is 49.6. The maximum absolute atomic E-state index is 6.24. The number of ether oxygens (including phenoxy) is 4. The molecule has 7 nitrogen and oxygen atoms in total. The monoisotopic (exact) mass is 957 g/mol. The fraction of sp³-hybridized carbons (Fsp3) is 0.219. The summed E-state index contributed by atoms with van der Waals surface area (Å²) in [5, 5.41) is 0. The van der Waals surface area contributed by atoms with E-state index in [1.165, 1.54) is 94.3 Å². The van der Waals surface area contributed by atoms with E-state index >= 15 is 0 Å². The van der Waals surface area contributed by atoms with Crippen LogP contribution in [0.1, 0.15) is 65.5 Å². The first-order valence-electron chi connectivity index (χ1n) is 25.8. The number of fused-ring (bicyclic) bond motifs is 10. The summed E-state index contributed by atoms with van der Waals surface area (Å²) in [5.74, 6) is 2.73. The van der Waals surface area contributed by atoms with Crippen LogP contribution in [0.2, 0.25) is 0 Å². The first-order chi connectivity index (χ1) is 35.5. The minimum absolute atomic E-state index is 0.0170. The van der Waals surface area contributed by atoms with Crippen molar-refractivity contribution >= 4 is 63.3 Å². The Kier molecular flexibility index (Phi) is 10.8. The van der Waals surface area contributed by atoms with Gasteiger partial charge in [-0.15, -0.1) is 0 Å². The van der Waals surface area contributed by atoms with Gasteiger partial charge in [0, 0.05) is 42.0 Å². The molecule has 6 heterocycles. The summed E-state index contributed by atoms with van der Waals surface area (Å²) in [7, 11) is 0. The molecule has 0 aliphatic carbocycles. The van der Waals surface area contributed by atoms with Crippen molar-refractivity contribution < 1.29 is 27.8 Å². The molecule has 0 amide bonds. The van der Waals surface area contributed by atoms with E-state index in [1.807, 2.05) is 24.3 Å². The molecule has 9 heteroatoms. The van der Waals surface area contributed by atoms with Gasteiger partial charge in [-0.3, -0.25) is 0 Å². The lowest BCUT2D eigenvalue weighted by molar-refractivity contribution is 0.210.